The molecule has 0 aliphatic rings. The quantitative estimate of drug-likeness (QED) is 0.817. The molecule has 0 saturated carbocycles. The number of halogens is 1. The average Bonchev–Trinajstić information content (AvgIpc) is 2.26. The second-order valence-corrected chi connectivity index (χ2v) is 3.21. The fraction of sp³-hybridized carbons (Fsp3) is 0.364. The molecular weight excluding hydrogens is 212 g/mol. The molecule has 0 heterocycles. The van der Waals surface area contributed by atoms with Crippen LogP contribution in [0.4, 0.5) is 0 Å². The maximum Gasteiger partial charge on any atom is 0.237 e. The van der Waals surface area contributed by atoms with E-state index in [2.05, 4.69) is 10.6 Å². The summed E-state index contributed by atoms with van der Waals surface area (Å²) in [6.07, 6.45) is 0. The van der Waals surface area contributed by atoms with Gasteiger partial charge in [0.05, 0.1) is 6.04 Å². The van der Waals surface area contributed by atoms with E-state index in [4.69, 9.17) is 0 Å². The van der Waals surface area contributed by atoms with Crippen LogP contribution in [0.5, 0.6) is 0 Å². The Morgan fingerprint density at radius 1 is 1.33 bits per heavy atom. The number of rotatable bonds is 4. The lowest BCUT2D eigenvalue weighted by Gasteiger charge is -2.10. The average molecular weight is 229 g/mol. The molecule has 3 nitrogen and oxygen atoms in total. The number of benzene rings is 1. The summed E-state index contributed by atoms with van der Waals surface area (Å²) in [4.78, 5) is 11.4. The Morgan fingerprint density at radius 2 is 1.93 bits per heavy atom. The van der Waals surface area contributed by atoms with E-state index in [0.717, 1.165) is 5.56 Å². The summed E-state index contributed by atoms with van der Waals surface area (Å²) in [6, 6.07) is 9.72. The van der Waals surface area contributed by atoms with Crippen LogP contribution >= 0.6 is 12.4 Å². The third kappa shape index (κ3) is 4.81. The van der Waals surface area contributed by atoms with Gasteiger partial charge >= 0.3 is 0 Å². The molecular formula is C11H17ClN2O. The molecule has 0 bridgehead atoms. The highest BCUT2D eigenvalue weighted by atomic mass is 35.5. The van der Waals surface area contributed by atoms with Gasteiger partial charge in [0.25, 0.3) is 0 Å². The zero-order valence-electron chi connectivity index (χ0n) is 8.99. The third-order valence-electron chi connectivity index (χ3n) is 2.14. The summed E-state index contributed by atoms with van der Waals surface area (Å²) < 4.78 is 0. The molecule has 0 fully saturated rings. The van der Waals surface area contributed by atoms with Crippen LogP contribution in [0.3, 0.4) is 0 Å². The van der Waals surface area contributed by atoms with Gasteiger partial charge in [-0.1, -0.05) is 30.3 Å². The highest BCUT2D eigenvalue weighted by molar-refractivity contribution is 5.85. The van der Waals surface area contributed by atoms with Crippen LogP contribution in [0.2, 0.25) is 0 Å². The zero-order valence-corrected chi connectivity index (χ0v) is 9.80. The number of carbonyl (C=O) groups is 1. The van der Waals surface area contributed by atoms with Crippen molar-refractivity contribution in [1.82, 2.24) is 10.6 Å². The van der Waals surface area contributed by atoms with Gasteiger partial charge in [0.2, 0.25) is 5.91 Å². The van der Waals surface area contributed by atoms with Crippen molar-refractivity contribution in [2.45, 2.75) is 19.5 Å². The standard InChI is InChI=1S/C11H16N2O.ClH/c1-9(12-2)11(14)13-8-10-6-4-3-5-7-10;/h3-7,9,12H,8H2,1-2H3,(H,13,14);1H. The van der Waals surface area contributed by atoms with Gasteiger partial charge in [0.1, 0.15) is 0 Å². The highest BCUT2D eigenvalue weighted by Crippen LogP contribution is 1.97. The van der Waals surface area contributed by atoms with E-state index in [-0.39, 0.29) is 24.4 Å². The van der Waals surface area contributed by atoms with Crippen LogP contribution in [0.15, 0.2) is 30.3 Å². The van der Waals surface area contributed by atoms with Gasteiger partial charge < -0.3 is 10.6 Å². The molecule has 1 aromatic rings. The van der Waals surface area contributed by atoms with Crippen molar-refractivity contribution in [3.05, 3.63) is 35.9 Å². The fourth-order valence-corrected chi connectivity index (χ4v) is 1.07. The molecule has 0 aliphatic carbocycles. The minimum atomic E-state index is -0.140. The van der Waals surface area contributed by atoms with Gasteiger partial charge in [-0.2, -0.15) is 0 Å². The number of hydrogen-bond acceptors (Lipinski definition) is 2. The first-order valence-electron chi connectivity index (χ1n) is 4.73. The topological polar surface area (TPSA) is 41.1 Å². The zero-order chi connectivity index (χ0) is 10.4. The van der Waals surface area contributed by atoms with Crippen molar-refractivity contribution >= 4 is 18.3 Å². The normalized spacial score (nSPS) is 11.3. The van der Waals surface area contributed by atoms with Gasteiger partial charge in [-0.3, -0.25) is 4.79 Å². The van der Waals surface area contributed by atoms with E-state index in [1.54, 1.807) is 7.05 Å². The lowest BCUT2D eigenvalue weighted by atomic mass is 10.2. The second-order valence-electron chi connectivity index (χ2n) is 3.21. The Labute approximate surface area is 96.7 Å². The number of likely N-dealkylation sites (N-methyl/N-ethyl adjacent to an activating group) is 1. The number of hydrogen-bond donors (Lipinski definition) is 2. The first kappa shape index (κ1) is 13.9. The number of carbonyl (C=O) groups excluding carboxylic acids is 1. The minimum Gasteiger partial charge on any atom is -0.351 e. The molecule has 4 heteroatoms. The molecule has 1 rings (SSSR count). The predicted molar refractivity (Wildman–Crippen MR) is 64.1 cm³/mol. The van der Waals surface area contributed by atoms with Crippen molar-refractivity contribution in [3.8, 4) is 0 Å². The van der Waals surface area contributed by atoms with E-state index in [9.17, 15) is 4.79 Å². The van der Waals surface area contributed by atoms with Gasteiger partial charge in [-0.05, 0) is 19.5 Å². The molecule has 0 aromatic heterocycles. The Balaban J connectivity index is 0.00000196. The van der Waals surface area contributed by atoms with Crippen molar-refractivity contribution in [3.63, 3.8) is 0 Å². The molecule has 0 radical (unpaired) electrons. The van der Waals surface area contributed by atoms with E-state index in [0.29, 0.717) is 6.54 Å². The summed E-state index contributed by atoms with van der Waals surface area (Å²) in [5, 5.41) is 5.74. The molecule has 15 heavy (non-hydrogen) atoms. The Hall–Kier alpha value is -1.06. The molecule has 1 unspecified atom stereocenters. The number of nitrogens with one attached hydrogen (secondary N) is 2. The predicted octanol–water partition coefficient (Wildman–Crippen LogP) is 1.33. The SMILES string of the molecule is CNC(C)C(=O)NCc1ccccc1.Cl. The summed E-state index contributed by atoms with van der Waals surface area (Å²) in [7, 11) is 1.77. The molecule has 1 aromatic carbocycles. The molecule has 2 N–H and O–H groups in total. The van der Waals surface area contributed by atoms with Crippen molar-refractivity contribution in [1.29, 1.82) is 0 Å². The molecule has 1 amide bonds. The number of amides is 1. The summed E-state index contributed by atoms with van der Waals surface area (Å²) >= 11 is 0. The largest absolute Gasteiger partial charge is 0.351 e. The maximum absolute atomic E-state index is 11.4. The van der Waals surface area contributed by atoms with Crippen LogP contribution in [0.1, 0.15) is 12.5 Å². The smallest absolute Gasteiger partial charge is 0.237 e. The van der Waals surface area contributed by atoms with E-state index in [1.807, 2.05) is 37.3 Å². The van der Waals surface area contributed by atoms with E-state index < -0.39 is 0 Å². The van der Waals surface area contributed by atoms with Gasteiger partial charge in [0.15, 0.2) is 0 Å². The first-order chi connectivity index (χ1) is 6.74. The third-order valence-corrected chi connectivity index (χ3v) is 2.14. The summed E-state index contributed by atoms with van der Waals surface area (Å²) in [6.45, 7) is 2.42. The highest BCUT2D eigenvalue weighted by Gasteiger charge is 2.08. The van der Waals surface area contributed by atoms with Crippen LogP contribution in [0, 0.1) is 0 Å². The Kier molecular flexibility index (Phi) is 6.75. The van der Waals surface area contributed by atoms with Crippen LogP contribution in [0.25, 0.3) is 0 Å². The molecule has 84 valence electrons. The van der Waals surface area contributed by atoms with Crippen molar-refractivity contribution < 1.29 is 4.79 Å². The monoisotopic (exact) mass is 228 g/mol. The maximum atomic E-state index is 11.4. The lowest BCUT2D eigenvalue weighted by Crippen LogP contribution is -2.39. The Bertz CT molecular complexity index is 290. The summed E-state index contributed by atoms with van der Waals surface area (Å²) in [5.74, 6) is 0.0244. The van der Waals surface area contributed by atoms with Crippen LogP contribution in [-0.4, -0.2) is 19.0 Å². The Morgan fingerprint density at radius 3 is 2.47 bits per heavy atom. The summed E-state index contributed by atoms with van der Waals surface area (Å²) in [5.41, 5.74) is 1.11. The lowest BCUT2D eigenvalue weighted by molar-refractivity contribution is -0.122. The second kappa shape index (κ2) is 7.26. The van der Waals surface area contributed by atoms with Gasteiger partial charge in [0, 0.05) is 6.54 Å². The van der Waals surface area contributed by atoms with E-state index >= 15 is 0 Å². The molecule has 0 aliphatic heterocycles. The van der Waals surface area contributed by atoms with Gasteiger partial charge in [-0.15, -0.1) is 12.4 Å². The van der Waals surface area contributed by atoms with Gasteiger partial charge in [-0.25, -0.2) is 0 Å². The van der Waals surface area contributed by atoms with Crippen molar-refractivity contribution in [2.75, 3.05) is 7.05 Å². The van der Waals surface area contributed by atoms with E-state index in [1.165, 1.54) is 0 Å². The van der Waals surface area contributed by atoms with Crippen LogP contribution in [-0.2, 0) is 11.3 Å². The molecule has 0 saturated heterocycles. The molecule has 1 atom stereocenters. The van der Waals surface area contributed by atoms with Crippen LogP contribution < -0.4 is 10.6 Å². The van der Waals surface area contributed by atoms with Crippen molar-refractivity contribution in [2.24, 2.45) is 0 Å². The fourth-order valence-electron chi connectivity index (χ4n) is 1.07. The minimum absolute atomic E-state index is 0. The molecule has 0 spiro atoms. The first-order valence-corrected chi connectivity index (χ1v) is 4.73.